The number of nitrogens with one attached hydrogen (secondary N) is 1. The molecule has 4 rings (SSSR count). The molecular weight excluding hydrogens is 546 g/mol. The highest BCUT2D eigenvalue weighted by molar-refractivity contribution is 6.07. The van der Waals surface area contributed by atoms with Crippen molar-refractivity contribution in [2.75, 3.05) is 31.7 Å². The summed E-state index contributed by atoms with van der Waals surface area (Å²) in [5.74, 6) is -2.95. The van der Waals surface area contributed by atoms with Crippen LogP contribution in [0, 0.1) is 16.0 Å². The molecule has 3 atom stereocenters. The van der Waals surface area contributed by atoms with Gasteiger partial charge in [-0.25, -0.2) is 4.79 Å². The molecule has 0 bridgehead atoms. The summed E-state index contributed by atoms with van der Waals surface area (Å²) in [5.41, 5.74) is 1.72. The van der Waals surface area contributed by atoms with Crippen molar-refractivity contribution in [1.29, 1.82) is 0 Å². The van der Waals surface area contributed by atoms with Gasteiger partial charge in [-0.2, -0.15) is 0 Å². The van der Waals surface area contributed by atoms with Gasteiger partial charge in [0.1, 0.15) is 31.5 Å². The van der Waals surface area contributed by atoms with E-state index >= 15 is 0 Å². The van der Waals surface area contributed by atoms with Gasteiger partial charge in [-0.15, -0.1) is 0 Å². The highest BCUT2D eigenvalue weighted by Gasteiger charge is 2.43. The Labute approximate surface area is 242 Å². The number of ether oxygens (including phenoxy) is 4. The molecular formula is C30H33N3O9. The third kappa shape index (κ3) is 7.58. The van der Waals surface area contributed by atoms with E-state index in [9.17, 15) is 24.5 Å². The van der Waals surface area contributed by atoms with Gasteiger partial charge in [-0.1, -0.05) is 12.1 Å². The van der Waals surface area contributed by atoms with E-state index < -0.39 is 28.7 Å². The first kappa shape index (κ1) is 30.4. The van der Waals surface area contributed by atoms with Crippen LogP contribution in [0.5, 0.6) is 5.75 Å². The van der Waals surface area contributed by atoms with Gasteiger partial charge in [-0.3, -0.25) is 24.7 Å². The summed E-state index contributed by atoms with van der Waals surface area (Å²) in [5, 5.41) is 14.2. The third-order valence-electron chi connectivity index (χ3n) is 6.94. The number of allylic oxidation sites excluding steroid dienone is 1. The zero-order valence-corrected chi connectivity index (χ0v) is 23.7. The third-order valence-corrected chi connectivity index (χ3v) is 6.94. The lowest BCUT2D eigenvalue weighted by Gasteiger charge is -2.31. The van der Waals surface area contributed by atoms with Crippen LogP contribution in [0.4, 0.5) is 11.4 Å². The molecule has 1 amide bonds. The quantitative estimate of drug-likeness (QED) is 0.177. The van der Waals surface area contributed by atoms with Crippen molar-refractivity contribution >= 4 is 34.9 Å². The van der Waals surface area contributed by atoms with Crippen molar-refractivity contribution < 1.29 is 38.3 Å². The highest BCUT2D eigenvalue weighted by Crippen LogP contribution is 2.41. The minimum absolute atomic E-state index is 0.0424. The second-order valence-electron chi connectivity index (χ2n) is 10.0. The predicted molar refractivity (Wildman–Crippen MR) is 152 cm³/mol. The van der Waals surface area contributed by atoms with Crippen LogP contribution < -0.4 is 10.1 Å². The first-order valence-corrected chi connectivity index (χ1v) is 13.6. The van der Waals surface area contributed by atoms with Gasteiger partial charge in [0.2, 0.25) is 5.91 Å². The molecule has 12 nitrogen and oxygen atoms in total. The maximum absolute atomic E-state index is 13.5. The number of nitro groups is 1. The number of esters is 2. The number of nitrogens with zero attached hydrogens (tertiary/aromatic N) is 2. The van der Waals surface area contributed by atoms with Gasteiger partial charge < -0.3 is 24.3 Å². The van der Waals surface area contributed by atoms with Crippen molar-refractivity contribution in [1.82, 2.24) is 0 Å². The van der Waals surface area contributed by atoms with E-state index in [1.54, 1.807) is 44.2 Å². The van der Waals surface area contributed by atoms with Crippen molar-refractivity contribution in [2.45, 2.75) is 45.6 Å². The molecule has 2 aliphatic rings. The van der Waals surface area contributed by atoms with Gasteiger partial charge in [-0.05, 0) is 56.5 Å². The summed E-state index contributed by atoms with van der Waals surface area (Å²) in [4.78, 5) is 53.6. The number of aliphatic imine (C=N–C) groups is 1. The maximum atomic E-state index is 13.5. The van der Waals surface area contributed by atoms with Crippen LogP contribution in [0.3, 0.4) is 0 Å². The van der Waals surface area contributed by atoms with Crippen LogP contribution in [0.1, 0.15) is 45.1 Å². The largest absolute Gasteiger partial charge is 0.490 e. The molecule has 0 radical (unpaired) electrons. The van der Waals surface area contributed by atoms with E-state index in [1.165, 1.54) is 25.1 Å². The zero-order chi connectivity index (χ0) is 30.2. The molecule has 2 aliphatic heterocycles. The number of rotatable bonds is 11. The van der Waals surface area contributed by atoms with Crippen LogP contribution in [0.2, 0.25) is 0 Å². The molecule has 0 saturated carbocycles. The first-order chi connectivity index (χ1) is 20.1. The Balaban J connectivity index is 1.51. The minimum atomic E-state index is -1.03. The smallest absolute Gasteiger partial charge is 0.336 e. The van der Waals surface area contributed by atoms with Crippen molar-refractivity contribution in [2.24, 2.45) is 10.9 Å². The summed E-state index contributed by atoms with van der Waals surface area (Å²) in [6.45, 7) is 5.31. The fourth-order valence-corrected chi connectivity index (χ4v) is 5.05. The summed E-state index contributed by atoms with van der Waals surface area (Å²) in [6.07, 6.45) is 1.44. The fraction of sp³-hybridized carbons (Fsp3) is 0.400. The Hall–Kier alpha value is -4.58. The average Bonchev–Trinajstić information content (AvgIpc) is 3.48. The Bertz CT molecular complexity index is 1390. The van der Waals surface area contributed by atoms with E-state index in [0.717, 1.165) is 12.8 Å². The topological polar surface area (TPSA) is 156 Å². The Morgan fingerprint density at radius 1 is 1.10 bits per heavy atom. The van der Waals surface area contributed by atoms with Crippen LogP contribution in [-0.4, -0.2) is 61.0 Å². The highest BCUT2D eigenvalue weighted by atomic mass is 16.6. The summed E-state index contributed by atoms with van der Waals surface area (Å²) >= 11 is 0. The van der Waals surface area contributed by atoms with Gasteiger partial charge >= 0.3 is 11.9 Å². The number of nitro benzene ring substituents is 1. The molecule has 1 N–H and O–H groups in total. The van der Waals surface area contributed by atoms with Gasteiger partial charge in [0.05, 0.1) is 16.6 Å². The summed E-state index contributed by atoms with van der Waals surface area (Å²) in [6, 6.07) is 12.5. The molecule has 0 spiro atoms. The van der Waals surface area contributed by atoms with Crippen LogP contribution in [0.25, 0.3) is 0 Å². The van der Waals surface area contributed by atoms with Crippen LogP contribution >= 0.6 is 0 Å². The molecule has 0 aliphatic carbocycles. The fourth-order valence-electron chi connectivity index (χ4n) is 5.05. The van der Waals surface area contributed by atoms with E-state index in [-0.39, 0.29) is 43.1 Å². The first-order valence-electron chi connectivity index (χ1n) is 13.6. The summed E-state index contributed by atoms with van der Waals surface area (Å²) < 4.78 is 22.3. The molecule has 0 aromatic heterocycles. The molecule has 2 aromatic carbocycles. The number of hydrogen-bond donors (Lipinski definition) is 1. The summed E-state index contributed by atoms with van der Waals surface area (Å²) in [7, 11) is 0. The predicted octanol–water partition coefficient (Wildman–Crippen LogP) is 4.35. The van der Waals surface area contributed by atoms with Crippen molar-refractivity contribution in [3.8, 4) is 5.75 Å². The monoisotopic (exact) mass is 579 g/mol. The number of carbonyl (C=O) groups excluding carboxylic acids is 3. The van der Waals surface area contributed by atoms with E-state index in [1.807, 2.05) is 0 Å². The minimum Gasteiger partial charge on any atom is -0.490 e. The molecule has 222 valence electrons. The molecule has 2 heterocycles. The maximum Gasteiger partial charge on any atom is 0.336 e. The molecule has 1 fully saturated rings. The average molecular weight is 580 g/mol. The second kappa shape index (κ2) is 13.9. The zero-order valence-electron chi connectivity index (χ0n) is 23.7. The number of non-ortho nitro benzene ring substituents is 1. The van der Waals surface area contributed by atoms with Crippen molar-refractivity contribution in [3.05, 3.63) is 75.5 Å². The second-order valence-corrected chi connectivity index (χ2v) is 10.0. The lowest BCUT2D eigenvalue weighted by atomic mass is 9.75. The lowest BCUT2D eigenvalue weighted by Crippen LogP contribution is -2.37. The molecule has 42 heavy (non-hydrogen) atoms. The van der Waals surface area contributed by atoms with Crippen molar-refractivity contribution in [3.63, 3.8) is 0 Å². The SMILES string of the molecule is CC(=O)Nc1ccc(OCCOC(=O)C2C(C)=NC(C)=C(C(=O)OCC3CCCO3)C2c2cccc([N+](=O)[O-])c2)cc1. The van der Waals surface area contributed by atoms with Gasteiger partial charge in [0.15, 0.2) is 0 Å². The lowest BCUT2D eigenvalue weighted by molar-refractivity contribution is -0.384. The van der Waals surface area contributed by atoms with E-state index in [0.29, 0.717) is 35.0 Å². The number of anilines is 1. The molecule has 1 saturated heterocycles. The molecule has 2 aromatic rings. The van der Waals surface area contributed by atoms with Gasteiger partial charge in [0, 0.05) is 48.7 Å². The van der Waals surface area contributed by atoms with Gasteiger partial charge in [0.25, 0.3) is 5.69 Å². The Kier molecular flexibility index (Phi) is 10.0. The standard InChI is InChI=1S/C30H33N3O9/c1-18-26(29(35)41-15-14-40-24-11-9-22(10-12-24)32-20(3)34)28(21-6-4-7-23(16-21)33(37)38)27(19(2)31-18)30(36)42-17-25-8-5-13-39-25/h4,6-7,9-12,16,25-26,28H,5,8,13-15,17H2,1-3H3,(H,32,34). The number of hydrogen-bond acceptors (Lipinski definition) is 10. The number of amides is 1. The van der Waals surface area contributed by atoms with Crippen LogP contribution in [0.15, 0.2) is 64.8 Å². The van der Waals surface area contributed by atoms with E-state index in [2.05, 4.69) is 10.3 Å². The molecule has 3 unspecified atom stereocenters. The Morgan fingerprint density at radius 3 is 2.52 bits per heavy atom. The van der Waals surface area contributed by atoms with E-state index in [4.69, 9.17) is 18.9 Å². The Morgan fingerprint density at radius 2 is 1.86 bits per heavy atom. The number of carbonyl (C=O) groups is 3. The molecule has 12 heteroatoms. The number of benzene rings is 2. The normalized spacial score (nSPS) is 20.0. The van der Waals surface area contributed by atoms with Crippen LogP contribution in [-0.2, 0) is 28.6 Å².